The van der Waals surface area contributed by atoms with Crippen LogP contribution in [0.5, 0.6) is 0 Å². The average molecular weight is 282 g/mol. The number of halogens is 1. The molecule has 1 aromatic heterocycles. The molecule has 5 nitrogen and oxygen atoms in total. The zero-order valence-electron chi connectivity index (χ0n) is 7.70. The zero-order valence-corrected chi connectivity index (χ0v) is 10.1. The first-order chi connectivity index (χ1) is 6.56. The van der Waals surface area contributed by atoms with Gasteiger partial charge in [-0.15, -0.1) is 0 Å². The SMILES string of the molecule is CC(CBr)CNS(=O)(=O)c1cnc[nH]1. The van der Waals surface area contributed by atoms with Gasteiger partial charge in [-0.05, 0) is 5.92 Å². The monoisotopic (exact) mass is 281 g/mol. The number of nitrogens with zero attached hydrogens (tertiary/aromatic N) is 1. The molecule has 80 valence electrons. The quantitative estimate of drug-likeness (QED) is 0.781. The van der Waals surface area contributed by atoms with Gasteiger partial charge in [0.15, 0.2) is 5.03 Å². The topological polar surface area (TPSA) is 74.8 Å². The van der Waals surface area contributed by atoms with Crippen molar-refractivity contribution in [3.05, 3.63) is 12.5 Å². The smallest absolute Gasteiger partial charge is 0.257 e. The van der Waals surface area contributed by atoms with Gasteiger partial charge in [-0.2, -0.15) is 0 Å². The molecule has 1 aromatic rings. The Morgan fingerprint density at radius 2 is 2.43 bits per heavy atom. The highest BCUT2D eigenvalue weighted by atomic mass is 79.9. The Balaban J connectivity index is 2.60. The second-order valence-electron chi connectivity index (χ2n) is 3.03. The molecule has 1 unspecified atom stereocenters. The van der Waals surface area contributed by atoms with Crippen LogP contribution in [0, 0.1) is 5.92 Å². The number of sulfonamides is 1. The Morgan fingerprint density at radius 1 is 1.71 bits per heavy atom. The average Bonchev–Trinajstić information content (AvgIpc) is 2.67. The second kappa shape index (κ2) is 4.90. The van der Waals surface area contributed by atoms with Crippen LogP contribution in [0.4, 0.5) is 0 Å². The number of nitrogens with one attached hydrogen (secondary N) is 2. The number of imidazole rings is 1. The minimum Gasteiger partial charge on any atom is -0.335 e. The first-order valence-corrected chi connectivity index (χ1v) is 6.70. The summed E-state index contributed by atoms with van der Waals surface area (Å²) < 4.78 is 25.5. The molecule has 14 heavy (non-hydrogen) atoms. The third-order valence-electron chi connectivity index (χ3n) is 1.65. The Hall–Kier alpha value is -0.400. The van der Waals surface area contributed by atoms with E-state index in [-0.39, 0.29) is 10.9 Å². The van der Waals surface area contributed by atoms with Crippen molar-refractivity contribution in [1.29, 1.82) is 0 Å². The third kappa shape index (κ3) is 3.07. The molecule has 0 aliphatic heterocycles. The highest BCUT2D eigenvalue weighted by Gasteiger charge is 2.15. The van der Waals surface area contributed by atoms with Gasteiger partial charge in [0.2, 0.25) is 0 Å². The van der Waals surface area contributed by atoms with Gasteiger partial charge in [-0.1, -0.05) is 22.9 Å². The molecule has 0 saturated heterocycles. The number of alkyl halides is 1. The van der Waals surface area contributed by atoms with Gasteiger partial charge >= 0.3 is 0 Å². The molecule has 2 N–H and O–H groups in total. The molecule has 0 radical (unpaired) electrons. The van der Waals surface area contributed by atoms with Gasteiger partial charge in [0, 0.05) is 11.9 Å². The van der Waals surface area contributed by atoms with Crippen molar-refractivity contribution in [2.75, 3.05) is 11.9 Å². The maximum atomic E-state index is 11.5. The molecule has 1 rings (SSSR count). The van der Waals surface area contributed by atoms with E-state index in [0.717, 1.165) is 5.33 Å². The number of hydrogen-bond acceptors (Lipinski definition) is 3. The van der Waals surface area contributed by atoms with E-state index < -0.39 is 10.0 Å². The van der Waals surface area contributed by atoms with E-state index in [4.69, 9.17) is 0 Å². The van der Waals surface area contributed by atoms with Crippen LogP contribution < -0.4 is 4.72 Å². The summed E-state index contributed by atoms with van der Waals surface area (Å²) in [4.78, 5) is 6.20. The van der Waals surface area contributed by atoms with E-state index in [1.165, 1.54) is 12.5 Å². The van der Waals surface area contributed by atoms with Gasteiger partial charge in [-0.3, -0.25) is 0 Å². The van der Waals surface area contributed by atoms with Crippen LogP contribution in [-0.4, -0.2) is 30.3 Å². The number of aromatic amines is 1. The Morgan fingerprint density at radius 3 is 2.93 bits per heavy atom. The minimum atomic E-state index is -3.41. The number of hydrogen-bond donors (Lipinski definition) is 2. The van der Waals surface area contributed by atoms with E-state index in [2.05, 4.69) is 30.6 Å². The van der Waals surface area contributed by atoms with E-state index in [9.17, 15) is 8.42 Å². The van der Waals surface area contributed by atoms with Crippen LogP contribution in [0.15, 0.2) is 17.6 Å². The molecule has 0 fully saturated rings. The van der Waals surface area contributed by atoms with E-state index >= 15 is 0 Å². The first kappa shape index (κ1) is 11.7. The van der Waals surface area contributed by atoms with Gasteiger partial charge in [0.1, 0.15) is 0 Å². The van der Waals surface area contributed by atoms with Gasteiger partial charge in [-0.25, -0.2) is 18.1 Å². The predicted octanol–water partition coefficient (Wildman–Crippen LogP) is 0.719. The van der Waals surface area contributed by atoms with E-state index in [1.54, 1.807) is 0 Å². The largest absolute Gasteiger partial charge is 0.335 e. The number of rotatable bonds is 5. The van der Waals surface area contributed by atoms with Crippen molar-refractivity contribution in [2.24, 2.45) is 5.92 Å². The predicted molar refractivity (Wildman–Crippen MR) is 56.7 cm³/mol. The standard InChI is InChI=1S/C7H12BrN3O2S/c1-6(2-8)3-11-14(12,13)7-4-9-5-10-7/h4-6,11H,2-3H2,1H3,(H,9,10). The summed E-state index contributed by atoms with van der Waals surface area (Å²) in [6.07, 6.45) is 2.61. The Kier molecular flexibility index (Phi) is 4.09. The fourth-order valence-electron chi connectivity index (χ4n) is 0.774. The third-order valence-corrected chi connectivity index (χ3v) is 4.10. The summed E-state index contributed by atoms with van der Waals surface area (Å²) >= 11 is 3.28. The molecule has 1 heterocycles. The molecule has 0 spiro atoms. The zero-order chi connectivity index (χ0) is 10.6. The van der Waals surface area contributed by atoms with Gasteiger partial charge < -0.3 is 4.98 Å². The normalized spacial score (nSPS) is 14.1. The van der Waals surface area contributed by atoms with Crippen LogP contribution in [0.1, 0.15) is 6.92 Å². The summed E-state index contributed by atoms with van der Waals surface area (Å²) in [6.45, 7) is 2.36. The van der Waals surface area contributed by atoms with Crippen molar-refractivity contribution >= 4 is 26.0 Å². The summed E-state index contributed by atoms with van der Waals surface area (Å²) in [7, 11) is -3.41. The summed E-state index contributed by atoms with van der Waals surface area (Å²) in [5.74, 6) is 0.257. The maximum Gasteiger partial charge on any atom is 0.257 e. The second-order valence-corrected chi connectivity index (χ2v) is 5.41. The Bertz CT molecular complexity index is 362. The van der Waals surface area contributed by atoms with Gasteiger partial charge in [0.05, 0.1) is 12.5 Å². The molecule has 0 bridgehead atoms. The molecule has 0 saturated carbocycles. The van der Waals surface area contributed by atoms with Crippen LogP contribution in [-0.2, 0) is 10.0 Å². The molecule has 0 aliphatic rings. The fraction of sp³-hybridized carbons (Fsp3) is 0.571. The van der Waals surface area contributed by atoms with E-state index in [0.29, 0.717) is 6.54 Å². The van der Waals surface area contributed by atoms with Crippen molar-refractivity contribution in [1.82, 2.24) is 14.7 Å². The van der Waals surface area contributed by atoms with Crippen molar-refractivity contribution < 1.29 is 8.42 Å². The van der Waals surface area contributed by atoms with Crippen LogP contribution >= 0.6 is 15.9 Å². The maximum absolute atomic E-state index is 11.5. The summed E-state index contributed by atoms with van der Waals surface area (Å²) in [5.41, 5.74) is 0. The minimum absolute atomic E-state index is 0.0965. The van der Waals surface area contributed by atoms with E-state index in [1.807, 2.05) is 6.92 Å². The highest BCUT2D eigenvalue weighted by Crippen LogP contribution is 2.04. The lowest BCUT2D eigenvalue weighted by Gasteiger charge is -2.08. The molecule has 0 aliphatic carbocycles. The lowest BCUT2D eigenvalue weighted by Crippen LogP contribution is -2.29. The molecule has 0 aromatic carbocycles. The highest BCUT2D eigenvalue weighted by molar-refractivity contribution is 9.09. The Labute approximate surface area is 91.5 Å². The molecular formula is C7H12BrN3O2S. The van der Waals surface area contributed by atoms with Gasteiger partial charge in [0.25, 0.3) is 10.0 Å². The number of H-pyrrole nitrogens is 1. The summed E-state index contributed by atoms with van der Waals surface area (Å²) in [5, 5.41) is 0.859. The lowest BCUT2D eigenvalue weighted by atomic mass is 10.2. The van der Waals surface area contributed by atoms with Crippen molar-refractivity contribution in [3.63, 3.8) is 0 Å². The van der Waals surface area contributed by atoms with Crippen LogP contribution in [0.25, 0.3) is 0 Å². The van der Waals surface area contributed by atoms with Crippen molar-refractivity contribution in [3.8, 4) is 0 Å². The first-order valence-electron chi connectivity index (χ1n) is 4.10. The lowest BCUT2D eigenvalue weighted by molar-refractivity contribution is 0.560. The van der Waals surface area contributed by atoms with Crippen LogP contribution in [0.2, 0.25) is 0 Å². The summed E-state index contributed by atoms with van der Waals surface area (Å²) in [6, 6.07) is 0. The van der Waals surface area contributed by atoms with Crippen molar-refractivity contribution in [2.45, 2.75) is 11.9 Å². The molecule has 0 amide bonds. The molecular weight excluding hydrogens is 270 g/mol. The molecule has 7 heteroatoms. The number of aromatic nitrogens is 2. The fourth-order valence-corrected chi connectivity index (χ4v) is 2.07. The van der Waals surface area contributed by atoms with Crippen LogP contribution in [0.3, 0.4) is 0 Å². The molecule has 1 atom stereocenters.